The minimum atomic E-state index is -0.469. The Bertz CT molecular complexity index is 915. The highest BCUT2D eigenvalue weighted by Crippen LogP contribution is 2.25. The maximum Gasteiger partial charge on any atom is 0.318 e. The number of aromatic nitrogens is 2. The molecule has 2 heterocycles. The third-order valence-electron chi connectivity index (χ3n) is 4.98. The first-order valence-corrected chi connectivity index (χ1v) is 9.67. The molecule has 6 heteroatoms. The van der Waals surface area contributed by atoms with Crippen molar-refractivity contribution in [3.05, 3.63) is 77.2 Å². The molecular formula is C22H24N4O2. The van der Waals surface area contributed by atoms with Gasteiger partial charge < -0.3 is 14.6 Å². The first kappa shape index (κ1) is 18.2. The lowest BCUT2D eigenvalue weighted by Gasteiger charge is -2.16. The van der Waals surface area contributed by atoms with Crippen molar-refractivity contribution < 1.29 is 9.21 Å². The van der Waals surface area contributed by atoms with E-state index in [2.05, 4.69) is 20.4 Å². The summed E-state index contributed by atoms with van der Waals surface area (Å²) in [7, 11) is 0. The Morgan fingerprint density at radius 1 is 1.07 bits per heavy atom. The number of amides is 1. The van der Waals surface area contributed by atoms with Crippen LogP contribution in [0.4, 0.5) is 6.01 Å². The zero-order valence-electron chi connectivity index (χ0n) is 16.0. The van der Waals surface area contributed by atoms with E-state index in [1.165, 1.54) is 5.56 Å². The van der Waals surface area contributed by atoms with Gasteiger partial charge in [-0.3, -0.25) is 4.79 Å². The molecule has 2 aromatic carbocycles. The lowest BCUT2D eigenvalue weighted by molar-refractivity contribution is -0.121. The van der Waals surface area contributed by atoms with Gasteiger partial charge in [0, 0.05) is 13.1 Å². The number of carbonyl (C=O) groups excluding carboxylic acids is 1. The van der Waals surface area contributed by atoms with E-state index in [1.807, 2.05) is 61.5 Å². The molecule has 0 radical (unpaired) electrons. The molecule has 0 saturated carbocycles. The molecule has 144 valence electrons. The van der Waals surface area contributed by atoms with Gasteiger partial charge in [-0.25, -0.2) is 0 Å². The second-order valence-corrected chi connectivity index (χ2v) is 7.19. The summed E-state index contributed by atoms with van der Waals surface area (Å²) in [5.74, 6) is 0.323. The molecule has 1 aromatic heterocycles. The summed E-state index contributed by atoms with van der Waals surface area (Å²) in [5, 5.41) is 11.5. The molecule has 1 aliphatic rings. The first-order valence-electron chi connectivity index (χ1n) is 9.67. The third-order valence-corrected chi connectivity index (χ3v) is 4.98. The minimum absolute atomic E-state index is 0.0846. The van der Waals surface area contributed by atoms with E-state index < -0.39 is 6.04 Å². The van der Waals surface area contributed by atoms with Crippen LogP contribution in [0.3, 0.4) is 0 Å². The summed E-state index contributed by atoms with van der Waals surface area (Å²) in [6, 6.07) is 17.8. The second-order valence-electron chi connectivity index (χ2n) is 7.19. The fraction of sp³-hybridized carbons (Fsp3) is 0.318. The Morgan fingerprint density at radius 3 is 2.50 bits per heavy atom. The van der Waals surface area contributed by atoms with Gasteiger partial charge in [0.2, 0.25) is 11.8 Å². The standard InChI is InChI=1S/C22H24N4O2/c1-16-9-11-17(12-10-16)15-19(27)23-20(18-7-3-2-4-8-18)21-24-25-22(28-21)26-13-5-6-14-26/h2-4,7-12,20H,5-6,13-15H2,1H3,(H,23,27). The maximum atomic E-state index is 12.7. The molecule has 6 nitrogen and oxygen atoms in total. The second kappa shape index (κ2) is 8.25. The lowest BCUT2D eigenvalue weighted by atomic mass is 10.1. The van der Waals surface area contributed by atoms with Crippen molar-refractivity contribution in [3.63, 3.8) is 0 Å². The van der Waals surface area contributed by atoms with Crippen LogP contribution in [-0.2, 0) is 11.2 Å². The Morgan fingerprint density at radius 2 is 1.79 bits per heavy atom. The normalized spacial score (nSPS) is 14.8. The number of nitrogens with zero attached hydrogens (tertiary/aromatic N) is 3. The van der Waals surface area contributed by atoms with Gasteiger partial charge in [-0.1, -0.05) is 65.3 Å². The molecule has 1 aliphatic heterocycles. The zero-order valence-corrected chi connectivity index (χ0v) is 16.0. The predicted octanol–water partition coefficient (Wildman–Crippen LogP) is 3.43. The van der Waals surface area contributed by atoms with Crippen molar-refractivity contribution in [2.75, 3.05) is 18.0 Å². The van der Waals surface area contributed by atoms with Crippen molar-refractivity contribution in [1.82, 2.24) is 15.5 Å². The molecule has 1 N–H and O–H groups in total. The Labute approximate surface area is 164 Å². The van der Waals surface area contributed by atoms with E-state index in [-0.39, 0.29) is 5.91 Å². The molecular weight excluding hydrogens is 352 g/mol. The summed E-state index contributed by atoms with van der Waals surface area (Å²) in [4.78, 5) is 14.8. The summed E-state index contributed by atoms with van der Waals surface area (Å²) >= 11 is 0. The van der Waals surface area contributed by atoms with Gasteiger partial charge in [-0.2, -0.15) is 0 Å². The quantitative estimate of drug-likeness (QED) is 0.714. The lowest BCUT2D eigenvalue weighted by Crippen LogP contribution is -2.30. The molecule has 1 unspecified atom stereocenters. The van der Waals surface area contributed by atoms with Gasteiger partial charge in [0.25, 0.3) is 0 Å². The van der Waals surface area contributed by atoms with Crippen molar-refractivity contribution in [3.8, 4) is 0 Å². The maximum absolute atomic E-state index is 12.7. The summed E-state index contributed by atoms with van der Waals surface area (Å²) in [5.41, 5.74) is 3.06. The molecule has 1 saturated heterocycles. The minimum Gasteiger partial charge on any atom is -0.405 e. The molecule has 0 spiro atoms. The fourth-order valence-corrected chi connectivity index (χ4v) is 3.42. The molecule has 28 heavy (non-hydrogen) atoms. The van der Waals surface area contributed by atoms with E-state index in [0.717, 1.165) is 37.1 Å². The largest absolute Gasteiger partial charge is 0.405 e. The Balaban J connectivity index is 1.54. The smallest absolute Gasteiger partial charge is 0.318 e. The molecule has 1 fully saturated rings. The average molecular weight is 376 g/mol. The summed E-state index contributed by atoms with van der Waals surface area (Å²) in [6.45, 7) is 3.89. The SMILES string of the molecule is Cc1ccc(CC(=O)NC(c2ccccc2)c2nnc(N3CCCC3)o2)cc1. The van der Waals surface area contributed by atoms with E-state index >= 15 is 0 Å². The third kappa shape index (κ3) is 4.22. The van der Waals surface area contributed by atoms with Crippen molar-refractivity contribution >= 4 is 11.9 Å². The Hall–Kier alpha value is -3.15. The highest BCUT2D eigenvalue weighted by atomic mass is 16.4. The molecule has 3 aromatic rings. The van der Waals surface area contributed by atoms with Gasteiger partial charge in [0.05, 0.1) is 6.42 Å². The van der Waals surface area contributed by atoms with Crippen LogP contribution >= 0.6 is 0 Å². The van der Waals surface area contributed by atoms with Crippen LogP contribution in [-0.4, -0.2) is 29.2 Å². The molecule has 0 bridgehead atoms. The fourth-order valence-electron chi connectivity index (χ4n) is 3.42. The monoisotopic (exact) mass is 376 g/mol. The van der Waals surface area contributed by atoms with Crippen LogP contribution in [0.2, 0.25) is 0 Å². The van der Waals surface area contributed by atoms with E-state index in [4.69, 9.17) is 4.42 Å². The van der Waals surface area contributed by atoms with Gasteiger partial charge in [-0.15, -0.1) is 5.10 Å². The topological polar surface area (TPSA) is 71.3 Å². The number of carbonyl (C=O) groups is 1. The number of nitrogens with one attached hydrogen (secondary N) is 1. The summed E-state index contributed by atoms with van der Waals surface area (Å²) in [6.07, 6.45) is 2.57. The van der Waals surface area contributed by atoms with E-state index in [0.29, 0.717) is 18.3 Å². The highest BCUT2D eigenvalue weighted by Gasteiger charge is 2.25. The number of aryl methyl sites for hydroxylation is 1. The van der Waals surface area contributed by atoms with Crippen LogP contribution in [0, 0.1) is 6.92 Å². The van der Waals surface area contributed by atoms with Crippen LogP contribution in [0.25, 0.3) is 0 Å². The highest BCUT2D eigenvalue weighted by molar-refractivity contribution is 5.79. The zero-order chi connectivity index (χ0) is 19.3. The van der Waals surface area contributed by atoms with Crippen molar-refractivity contribution in [2.24, 2.45) is 0 Å². The number of rotatable bonds is 6. The summed E-state index contributed by atoms with van der Waals surface area (Å²) < 4.78 is 5.94. The van der Waals surface area contributed by atoms with Gasteiger partial charge in [0.1, 0.15) is 6.04 Å². The van der Waals surface area contributed by atoms with Gasteiger partial charge >= 0.3 is 6.01 Å². The van der Waals surface area contributed by atoms with Crippen molar-refractivity contribution in [1.29, 1.82) is 0 Å². The van der Waals surface area contributed by atoms with Gasteiger partial charge in [0.15, 0.2) is 0 Å². The number of hydrogen-bond donors (Lipinski definition) is 1. The number of anilines is 1. The number of hydrogen-bond acceptors (Lipinski definition) is 5. The van der Waals surface area contributed by atoms with Crippen LogP contribution in [0.5, 0.6) is 0 Å². The van der Waals surface area contributed by atoms with Crippen LogP contribution in [0.1, 0.15) is 41.5 Å². The van der Waals surface area contributed by atoms with E-state index in [9.17, 15) is 4.79 Å². The molecule has 1 atom stereocenters. The predicted molar refractivity (Wildman–Crippen MR) is 107 cm³/mol. The molecule has 4 rings (SSSR count). The van der Waals surface area contributed by atoms with Gasteiger partial charge in [-0.05, 0) is 30.9 Å². The van der Waals surface area contributed by atoms with Crippen molar-refractivity contribution in [2.45, 2.75) is 32.2 Å². The molecule has 0 aliphatic carbocycles. The molecule has 1 amide bonds. The first-order chi connectivity index (χ1) is 13.7. The van der Waals surface area contributed by atoms with E-state index in [1.54, 1.807) is 0 Å². The average Bonchev–Trinajstić information content (AvgIpc) is 3.40. The van der Waals surface area contributed by atoms with Crippen LogP contribution in [0.15, 0.2) is 59.0 Å². The Kier molecular flexibility index (Phi) is 5.37. The van der Waals surface area contributed by atoms with Crippen LogP contribution < -0.4 is 10.2 Å². The number of benzene rings is 2.